The summed E-state index contributed by atoms with van der Waals surface area (Å²) < 4.78 is 11.8. The Labute approximate surface area is 110 Å². The molecule has 1 aromatic heterocycles. The highest BCUT2D eigenvalue weighted by Crippen LogP contribution is 2.19. The van der Waals surface area contributed by atoms with E-state index >= 15 is 0 Å². The highest BCUT2D eigenvalue weighted by atomic mass is 79.9. The number of nitrogens with zero attached hydrogens (tertiary/aromatic N) is 1. The van der Waals surface area contributed by atoms with Crippen molar-refractivity contribution in [3.05, 3.63) is 22.3 Å². The van der Waals surface area contributed by atoms with Crippen LogP contribution in [0.25, 0.3) is 0 Å². The Morgan fingerprint density at radius 3 is 2.65 bits per heavy atom. The highest BCUT2D eigenvalue weighted by molar-refractivity contribution is 9.10. The Balaban J connectivity index is 2.46. The number of halogens is 1. The molecule has 1 heterocycles. The molecule has 0 aliphatic rings. The molecule has 0 fully saturated rings. The first-order valence-corrected chi connectivity index (χ1v) is 6.24. The molecule has 0 radical (unpaired) electrons. The maximum Gasteiger partial charge on any atom is 0.219 e. The topological polar surface area (TPSA) is 51.6 Å². The molecule has 0 atom stereocenters. The van der Waals surface area contributed by atoms with Crippen LogP contribution < -0.4 is 4.74 Å². The molecule has 1 aromatic rings. The van der Waals surface area contributed by atoms with E-state index in [1.165, 1.54) is 0 Å². The van der Waals surface area contributed by atoms with Crippen molar-refractivity contribution in [2.45, 2.75) is 33.0 Å². The summed E-state index contributed by atoms with van der Waals surface area (Å²) in [5, 5.41) is 9.16. The number of pyridine rings is 1. The van der Waals surface area contributed by atoms with Crippen LogP contribution in [-0.2, 0) is 11.3 Å². The van der Waals surface area contributed by atoms with Gasteiger partial charge in [0.2, 0.25) is 5.88 Å². The molecule has 0 bridgehead atoms. The van der Waals surface area contributed by atoms with E-state index in [-0.39, 0.29) is 12.2 Å². The molecule has 0 saturated heterocycles. The summed E-state index contributed by atoms with van der Waals surface area (Å²) in [7, 11) is 0. The molecule has 0 spiro atoms. The minimum Gasteiger partial charge on any atom is -0.475 e. The van der Waals surface area contributed by atoms with E-state index in [1.54, 1.807) is 12.3 Å². The minimum absolute atomic E-state index is 0.0953. The van der Waals surface area contributed by atoms with Gasteiger partial charge in [-0.05, 0) is 42.8 Å². The second kappa shape index (κ2) is 6.33. The summed E-state index contributed by atoms with van der Waals surface area (Å²) >= 11 is 3.29. The molecular formula is C12H18BrNO3. The van der Waals surface area contributed by atoms with Crippen molar-refractivity contribution < 1.29 is 14.6 Å². The van der Waals surface area contributed by atoms with Gasteiger partial charge in [0.15, 0.2) is 0 Å². The number of aromatic nitrogens is 1. The fraction of sp³-hybridized carbons (Fsp3) is 0.583. The monoisotopic (exact) mass is 303 g/mol. The van der Waals surface area contributed by atoms with Gasteiger partial charge in [-0.3, -0.25) is 0 Å². The van der Waals surface area contributed by atoms with Gasteiger partial charge in [0.05, 0.1) is 18.8 Å². The second-order valence-electron chi connectivity index (χ2n) is 4.59. The van der Waals surface area contributed by atoms with Crippen molar-refractivity contribution in [2.75, 3.05) is 13.2 Å². The Hall–Kier alpha value is -0.650. The summed E-state index contributed by atoms with van der Waals surface area (Å²) in [5.74, 6) is 0.452. The highest BCUT2D eigenvalue weighted by Gasteiger charge is 2.10. The third-order valence-corrected chi connectivity index (χ3v) is 2.35. The fourth-order valence-electron chi connectivity index (χ4n) is 1.20. The lowest BCUT2D eigenvalue weighted by Gasteiger charge is -2.19. The predicted octanol–water partition coefficient (Wildman–Crippen LogP) is 2.53. The number of aliphatic hydroxyl groups excluding tert-OH is 1. The van der Waals surface area contributed by atoms with Crippen LogP contribution in [-0.4, -0.2) is 28.9 Å². The number of aliphatic hydroxyl groups is 1. The first-order chi connectivity index (χ1) is 7.92. The van der Waals surface area contributed by atoms with Crippen LogP contribution in [0.2, 0.25) is 0 Å². The van der Waals surface area contributed by atoms with Crippen molar-refractivity contribution >= 4 is 15.9 Å². The van der Waals surface area contributed by atoms with Crippen LogP contribution >= 0.6 is 15.9 Å². The van der Waals surface area contributed by atoms with Crippen molar-refractivity contribution in [2.24, 2.45) is 0 Å². The Bertz CT molecular complexity index is 363. The van der Waals surface area contributed by atoms with Crippen molar-refractivity contribution in [3.8, 4) is 5.88 Å². The van der Waals surface area contributed by atoms with Gasteiger partial charge in [-0.1, -0.05) is 0 Å². The van der Waals surface area contributed by atoms with E-state index in [0.717, 1.165) is 4.47 Å². The van der Waals surface area contributed by atoms with E-state index in [9.17, 15) is 0 Å². The lowest BCUT2D eigenvalue weighted by Crippen LogP contribution is -2.22. The maximum absolute atomic E-state index is 9.16. The number of rotatable bonds is 5. The Morgan fingerprint density at radius 1 is 1.35 bits per heavy atom. The van der Waals surface area contributed by atoms with Gasteiger partial charge in [0.25, 0.3) is 0 Å². The molecule has 0 aliphatic carbocycles. The zero-order valence-electron chi connectivity index (χ0n) is 10.4. The Morgan fingerprint density at radius 2 is 2.06 bits per heavy atom. The zero-order valence-corrected chi connectivity index (χ0v) is 12.0. The van der Waals surface area contributed by atoms with Crippen LogP contribution in [0.4, 0.5) is 0 Å². The molecule has 4 nitrogen and oxygen atoms in total. The molecule has 0 amide bonds. The third-order valence-electron chi connectivity index (χ3n) is 1.92. The Kier molecular flexibility index (Phi) is 5.36. The maximum atomic E-state index is 9.16. The first-order valence-electron chi connectivity index (χ1n) is 5.44. The largest absolute Gasteiger partial charge is 0.475 e. The van der Waals surface area contributed by atoms with Crippen molar-refractivity contribution in [1.82, 2.24) is 4.98 Å². The average molecular weight is 304 g/mol. The third kappa shape index (κ3) is 5.48. The van der Waals surface area contributed by atoms with Crippen LogP contribution in [0, 0.1) is 0 Å². The lowest BCUT2D eigenvalue weighted by molar-refractivity contribution is -0.0170. The zero-order chi connectivity index (χ0) is 12.9. The first kappa shape index (κ1) is 14.4. The van der Waals surface area contributed by atoms with E-state index in [1.807, 2.05) is 20.8 Å². The minimum atomic E-state index is -0.170. The molecule has 5 heteroatoms. The van der Waals surface area contributed by atoms with Crippen LogP contribution in [0.15, 0.2) is 16.7 Å². The van der Waals surface area contributed by atoms with Gasteiger partial charge in [0, 0.05) is 16.2 Å². The van der Waals surface area contributed by atoms with Gasteiger partial charge in [-0.2, -0.15) is 0 Å². The second-order valence-corrected chi connectivity index (χ2v) is 5.50. The van der Waals surface area contributed by atoms with E-state index in [0.29, 0.717) is 24.7 Å². The molecule has 1 rings (SSSR count). The van der Waals surface area contributed by atoms with Gasteiger partial charge >= 0.3 is 0 Å². The molecule has 0 unspecified atom stereocenters. The molecular weight excluding hydrogens is 286 g/mol. The molecule has 96 valence electrons. The van der Waals surface area contributed by atoms with Gasteiger partial charge in [-0.25, -0.2) is 4.98 Å². The smallest absolute Gasteiger partial charge is 0.219 e. The van der Waals surface area contributed by atoms with Crippen molar-refractivity contribution in [3.63, 3.8) is 0 Å². The number of ether oxygens (including phenoxy) is 2. The molecule has 1 N–H and O–H groups in total. The molecule has 17 heavy (non-hydrogen) atoms. The quantitative estimate of drug-likeness (QED) is 0.849. The summed E-state index contributed by atoms with van der Waals surface area (Å²) in [5.41, 5.74) is 0.492. The van der Waals surface area contributed by atoms with E-state index in [2.05, 4.69) is 20.9 Å². The molecule has 0 saturated carbocycles. The van der Waals surface area contributed by atoms with Gasteiger partial charge in [0.1, 0.15) is 6.61 Å². The normalized spacial score (nSPS) is 11.6. The number of hydrogen-bond acceptors (Lipinski definition) is 4. The standard InChI is InChI=1S/C12H18BrNO3/c1-12(2,3)17-5-4-16-11-9(8-15)6-10(13)7-14-11/h6-7,15H,4-5,8H2,1-3H3. The van der Waals surface area contributed by atoms with Crippen LogP contribution in [0.3, 0.4) is 0 Å². The van der Waals surface area contributed by atoms with Crippen LogP contribution in [0.1, 0.15) is 26.3 Å². The molecule has 0 aromatic carbocycles. The summed E-state index contributed by atoms with van der Waals surface area (Å²) in [4.78, 5) is 4.10. The lowest BCUT2D eigenvalue weighted by atomic mass is 10.2. The predicted molar refractivity (Wildman–Crippen MR) is 69.1 cm³/mol. The average Bonchev–Trinajstić information content (AvgIpc) is 2.24. The summed E-state index contributed by atoms with van der Waals surface area (Å²) in [6.07, 6.45) is 1.64. The van der Waals surface area contributed by atoms with Gasteiger partial charge in [-0.15, -0.1) is 0 Å². The molecule has 0 aliphatic heterocycles. The van der Waals surface area contributed by atoms with Crippen LogP contribution in [0.5, 0.6) is 5.88 Å². The van der Waals surface area contributed by atoms with Gasteiger partial charge < -0.3 is 14.6 Å². The SMILES string of the molecule is CC(C)(C)OCCOc1ncc(Br)cc1CO. The fourth-order valence-corrected chi connectivity index (χ4v) is 1.58. The summed E-state index contributed by atoms with van der Waals surface area (Å²) in [6.45, 7) is 6.78. The van der Waals surface area contributed by atoms with E-state index in [4.69, 9.17) is 14.6 Å². The van der Waals surface area contributed by atoms with Crippen molar-refractivity contribution in [1.29, 1.82) is 0 Å². The van der Waals surface area contributed by atoms with E-state index < -0.39 is 0 Å². The summed E-state index contributed by atoms with van der Waals surface area (Å²) in [6, 6.07) is 1.78. The number of hydrogen-bond donors (Lipinski definition) is 1.